The van der Waals surface area contributed by atoms with E-state index in [9.17, 15) is 22.8 Å². The largest absolute Gasteiger partial charge is 0.416 e. The van der Waals surface area contributed by atoms with Gasteiger partial charge >= 0.3 is 12.2 Å². The first-order valence-electron chi connectivity index (χ1n) is 11.8. The standard InChI is InChI=1S/C27H22F3N5O3/c28-27(29,30)18-4-2-6-20(13-18)34-26(37)33-19-5-1-3-16(11-19)25(36)17-7-8-21-22(12-17)35-23(14-32-21)24-15-31-9-10-38-24/h1-8,11-14,24,31H,9-10,15H2,(H2,33,34,37). The summed E-state index contributed by atoms with van der Waals surface area (Å²) in [4.78, 5) is 34.7. The van der Waals surface area contributed by atoms with Crippen LogP contribution >= 0.6 is 0 Å². The predicted molar refractivity (Wildman–Crippen MR) is 135 cm³/mol. The van der Waals surface area contributed by atoms with Crippen molar-refractivity contribution in [2.24, 2.45) is 0 Å². The summed E-state index contributed by atoms with van der Waals surface area (Å²) in [6, 6.07) is 14.8. The van der Waals surface area contributed by atoms with Crippen molar-refractivity contribution in [2.75, 3.05) is 30.3 Å². The molecule has 1 saturated heterocycles. The number of ketones is 1. The number of ether oxygens (including phenoxy) is 1. The topological polar surface area (TPSA) is 105 Å². The second kappa shape index (κ2) is 10.6. The Labute approximate surface area is 215 Å². The SMILES string of the molecule is O=C(Nc1cccc(C(=O)c2ccc3ncc(C4CNCCO4)nc3c2)c1)Nc1cccc(C(F)(F)F)c1. The van der Waals surface area contributed by atoms with Gasteiger partial charge in [-0.1, -0.05) is 18.2 Å². The number of alkyl halides is 3. The highest BCUT2D eigenvalue weighted by Crippen LogP contribution is 2.30. The molecule has 3 aromatic carbocycles. The van der Waals surface area contributed by atoms with Crippen LogP contribution in [0.5, 0.6) is 0 Å². The number of rotatable bonds is 5. The molecule has 0 saturated carbocycles. The minimum atomic E-state index is -4.53. The molecule has 1 aliphatic heterocycles. The van der Waals surface area contributed by atoms with Crippen LogP contribution in [0.25, 0.3) is 11.0 Å². The number of benzene rings is 3. The number of nitrogens with zero attached hydrogens (tertiary/aromatic N) is 2. The number of halogens is 3. The molecule has 194 valence electrons. The lowest BCUT2D eigenvalue weighted by atomic mass is 10.0. The molecule has 8 nitrogen and oxygen atoms in total. The predicted octanol–water partition coefficient (Wildman–Crippen LogP) is 5.18. The average Bonchev–Trinajstić information content (AvgIpc) is 2.92. The summed E-state index contributed by atoms with van der Waals surface area (Å²) in [5, 5.41) is 8.16. The molecule has 2 amide bonds. The Kier molecular flexibility index (Phi) is 7.03. The fourth-order valence-electron chi connectivity index (χ4n) is 4.05. The van der Waals surface area contributed by atoms with E-state index in [1.165, 1.54) is 18.2 Å². The summed E-state index contributed by atoms with van der Waals surface area (Å²) in [5.74, 6) is -0.295. The lowest BCUT2D eigenvalue weighted by Crippen LogP contribution is -2.33. The molecule has 38 heavy (non-hydrogen) atoms. The molecule has 0 aliphatic carbocycles. The number of urea groups is 1. The highest BCUT2D eigenvalue weighted by molar-refractivity contribution is 6.11. The number of hydrogen-bond acceptors (Lipinski definition) is 6. The van der Waals surface area contributed by atoms with Gasteiger partial charge in [-0.25, -0.2) is 9.78 Å². The number of hydrogen-bond donors (Lipinski definition) is 3. The molecule has 5 rings (SSSR count). The smallest absolute Gasteiger partial charge is 0.369 e. The van der Waals surface area contributed by atoms with Crippen molar-refractivity contribution in [3.8, 4) is 0 Å². The van der Waals surface area contributed by atoms with Crippen molar-refractivity contribution in [2.45, 2.75) is 12.3 Å². The van der Waals surface area contributed by atoms with Crippen LogP contribution < -0.4 is 16.0 Å². The van der Waals surface area contributed by atoms with Gasteiger partial charge in [-0.15, -0.1) is 0 Å². The zero-order valence-electron chi connectivity index (χ0n) is 19.9. The third kappa shape index (κ3) is 5.79. The summed E-state index contributed by atoms with van der Waals surface area (Å²) >= 11 is 0. The van der Waals surface area contributed by atoms with Gasteiger partial charge in [0.2, 0.25) is 0 Å². The number of amides is 2. The maximum atomic E-state index is 13.2. The lowest BCUT2D eigenvalue weighted by Gasteiger charge is -2.22. The minimum absolute atomic E-state index is 0.0180. The van der Waals surface area contributed by atoms with E-state index in [2.05, 4.69) is 25.9 Å². The number of anilines is 2. The Morgan fingerprint density at radius 1 is 0.921 bits per heavy atom. The van der Waals surface area contributed by atoms with Crippen LogP contribution in [0.15, 0.2) is 72.9 Å². The molecule has 0 radical (unpaired) electrons. The zero-order valence-corrected chi connectivity index (χ0v) is 19.9. The molecule has 1 aromatic heterocycles. The van der Waals surface area contributed by atoms with Gasteiger partial charge in [0.15, 0.2) is 5.78 Å². The first-order valence-corrected chi connectivity index (χ1v) is 11.8. The molecular formula is C27H22F3N5O3. The highest BCUT2D eigenvalue weighted by atomic mass is 19.4. The van der Waals surface area contributed by atoms with E-state index in [0.717, 1.165) is 18.7 Å². The van der Waals surface area contributed by atoms with E-state index < -0.39 is 17.8 Å². The van der Waals surface area contributed by atoms with Crippen LogP contribution in [-0.4, -0.2) is 41.5 Å². The van der Waals surface area contributed by atoms with E-state index in [4.69, 9.17) is 4.74 Å². The normalized spacial score (nSPS) is 15.7. The van der Waals surface area contributed by atoms with Crippen LogP contribution in [-0.2, 0) is 10.9 Å². The van der Waals surface area contributed by atoms with E-state index in [0.29, 0.717) is 46.7 Å². The van der Waals surface area contributed by atoms with Crippen molar-refractivity contribution in [3.63, 3.8) is 0 Å². The Morgan fingerprint density at radius 3 is 2.39 bits per heavy atom. The monoisotopic (exact) mass is 521 g/mol. The second-order valence-electron chi connectivity index (χ2n) is 8.63. The number of carbonyl (C=O) groups excluding carboxylic acids is 2. The number of fused-ring (bicyclic) bond motifs is 1. The molecule has 1 aliphatic rings. The maximum Gasteiger partial charge on any atom is 0.416 e. The van der Waals surface area contributed by atoms with Gasteiger partial charge in [-0.2, -0.15) is 13.2 Å². The number of aromatic nitrogens is 2. The van der Waals surface area contributed by atoms with Gasteiger partial charge in [0.1, 0.15) is 6.10 Å². The van der Waals surface area contributed by atoms with Crippen LogP contribution in [0.4, 0.5) is 29.3 Å². The molecule has 1 atom stereocenters. The Hall–Kier alpha value is -4.35. The van der Waals surface area contributed by atoms with Gasteiger partial charge in [0.05, 0.1) is 35.1 Å². The number of morpholine rings is 1. The summed E-state index contributed by atoms with van der Waals surface area (Å²) in [6.07, 6.45) is -3.08. The van der Waals surface area contributed by atoms with Gasteiger partial charge in [-0.05, 0) is 48.5 Å². The molecule has 3 N–H and O–H groups in total. The molecule has 4 aromatic rings. The van der Waals surface area contributed by atoms with Gasteiger partial charge in [-0.3, -0.25) is 9.78 Å². The van der Waals surface area contributed by atoms with E-state index in [1.807, 2.05) is 0 Å². The summed E-state index contributed by atoms with van der Waals surface area (Å²) in [5.41, 5.74) is 1.96. The fraction of sp³-hybridized carbons (Fsp3) is 0.185. The third-order valence-electron chi connectivity index (χ3n) is 5.91. The zero-order chi connectivity index (χ0) is 26.7. The molecule has 2 heterocycles. The molecule has 11 heteroatoms. The highest BCUT2D eigenvalue weighted by Gasteiger charge is 2.30. The lowest BCUT2D eigenvalue weighted by molar-refractivity contribution is -0.137. The van der Waals surface area contributed by atoms with Crippen molar-refractivity contribution >= 4 is 34.2 Å². The summed E-state index contributed by atoms with van der Waals surface area (Å²) in [6.45, 7) is 1.97. The number of carbonyl (C=O) groups is 2. The van der Waals surface area contributed by atoms with Gasteiger partial charge < -0.3 is 20.7 Å². The van der Waals surface area contributed by atoms with E-state index in [1.54, 1.807) is 42.6 Å². The van der Waals surface area contributed by atoms with Gasteiger partial charge in [0.25, 0.3) is 0 Å². The molecular weight excluding hydrogens is 499 g/mol. The molecule has 1 unspecified atom stereocenters. The van der Waals surface area contributed by atoms with Crippen molar-refractivity contribution < 1.29 is 27.5 Å². The molecule has 0 spiro atoms. The van der Waals surface area contributed by atoms with Crippen LogP contribution in [0, 0.1) is 0 Å². The van der Waals surface area contributed by atoms with Crippen LogP contribution in [0.2, 0.25) is 0 Å². The van der Waals surface area contributed by atoms with Crippen molar-refractivity contribution in [1.82, 2.24) is 15.3 Å². The summed E-state index contributed by atoms with van der Waals surface area (Å²) in [7, 11) is 0. The van der Waals surface area contributed by atoms with E-state index >= 15 is 0 Å². The number of nitrogens with one attached hydrogen (secondary N) is 3. The Balaban J connectivity index is 1.31. The molecule has 0 bridgehead atoms. The van der Waals surface area contributed by atoms with E-state index in [-0.39, 0.29) is 17.6 Å². The summed E-state index contributed by atoms with van der Waals surface area (Å²) < 4.78 is 44.5. The first kappa shape index (κ1) is 25.3. The van der Waals surface area contributed by atoms with Gasteiger partial charge in [0, 0.05) is 35.6 Å². The fourth-order valence-corrected chi connectivity index (χ4v) is 4.05. The minimum Gasteiger partial charge on any atom is -0.369 e. The Bertz CT molecular complexity index is 1500. The van der Waals surface area contributed by atoms with Crippen molar-refractivity contribution in [1.29, 1.82) is 0 Å². The maximum absolute atomic E-state index is 13.2. The first-order chi connectivity index (χ1) is 18.3. The third-order valence-corrected chi connectivity index (χ3v) is 5.91. The van der Waals surface area contributed by atoms with Crippen LogP contribution in [0.1, 0.15) is 33.3 Å². The molecule has 1 fully saturated rings. The van der Waals surface area contributed by atoms with Crippen molar-refractivity contribution in [3.05, 3.63) is 95.3 Å². The average molecular weight is 521 g/mol. The quantitative estimate of drug-likeness (QED) is 0.313. The second-order valence-corrected chi connectivity index (χ2v) is 8.63. The van der Waals surface area contributed by atoms with Crippen LogP contribution in [0.3, 0.4) is 0 Å². The Morgan fingerprint density at radius 2 is 1.66 bits per heavy atom.